The van der Waals surface area contributed by atoms with Crippen molar-refractivity contribution in [2.24, 2.45) is 0 Å². The number of hydrogen-bond acceptors (Lipinski definition) is 4. The molecule has 49 heavy (non-hydrogen) atoms. The van der Waals surface area contributed by atoms with Crippen LogP contribution in [0.2, 0.25) is 0 Å². The molecule has 0 atom stereocenters. The van der Waals surface area contributed by atoms with E-state index in [0.717, 1.165) is 87.8 Å². The number of pyridine rings is 3. The van der Waals surface area contributed by atoms with E-state index in [-0.39, 0.29) is 0 Å². The normalized spacial score (nSPS) is 12.1. The second-order valence-corrected chi connectivity index (χ2v) is 12.7. The summed E-state index contributed by atoms with van der Waals surface area (Å²) in [4.78, 5) is 15.1. The van der Waals surface area contributed by atoms with Gasteiger partial charge in [-0.2, -0.15) is 0 Å². The predicted octanol–water partition coefficient (Wildman–Crippen LogP) is 12.0. The molecular formula is C45H25N3O. The van der Waals surface area contributed by atoms with E-state index in [1.807, 2.05) is 30.6 Å². The Kier molecular flexibility index (Phi) is 5.35. The average Bonchev–Trinajstić information content (AvgIpc) is 3.58. The van der Waals surface area contributed by atoms with Crippen LogP contribution in [0.15, 0.2) is 156 Å². The van der Waals surface area contributed by atoms with E-state index >= 15 is 0 Å². The molecule has 0 bridgehead atoms. The van der Waals surface area contributed by atoms with Crippen LogP contribution in [0.25, 0.3) is 109 Å². The van der Waals surface area contributed by atoms with Gasteiger partial charge in [-0.15, -0.1) is 0 Å². The molecule has 11 aromatic rings. The van der Waals surface area contributed by atoms with Gasteiger partial charge in [0.25, 0.3) is 0 Å². The minimum absolute atomic E-state index is 0.886. The van der Waals surface area contributed by atoms with Crippen molar-refractivity contribution in [3.8, 4) is 22.4 Å². The SMILES string of the molecule is c1ccc(-c2nc3cc(-c4cc5ccccc5c5c4oc4ccc6ccccc6c45)ccc3c3c4cccnc4c4ncccc4c23)cc1. The summed E-state index contributed by atoms with van der Waals surface area (Å²) in [6, 6.07) is 49.2. The smallest absolute Gasteiger partial charge is 0.143 e. The maximum absolute atomic E-state index is 6.80. The summed E-state index contributed by atoms with van der Waals surface area (Å²) in [5.74, 6) is 0. The highest BCUT2D eigenvalue weighted by Gasteiger charge is 2.21. The molecule has 4 heteroatoms. The van der Waals surface area contributed by atoms with E-state index in [1.165, 1.54) is 21.5 Å². The van der Waals surface area contributed by atoms with Crippen LogP contribution in [-0.2, 0) is 0 Å². The van der Waals surface area contributed by atoms with E-state index in [1.54, 1.807) is 0 Å². The highest BCUT2D eigenvalue weighted by molar-refractivity contribution is 6.33. The van der Waals surface area contributed by atoms with Crippen molar-refractivity contribution in [1.82, 2.24) is 15.0 Å². The molecule has 0 aliphatic carbocycles. The molecule has 0 aliphatic heterocycles. The Hall–Kier alpha value is -6.65. The van der Waals surface area contributed by atoms with Crippen molar-refractivity contribution in [1.29, 1.82) is 0 Å². The minimum atomic E-state index is 0.886. The van der Waals surface area contributed by atoms with Crippen molar-refractivity contribution in [3.05, 3.63) is 152 Å². The summed E-state index contributed by atoms with van der Waals surface area (Å²) < 4.78 is 6.80. The molecule has 0 spiro atoms. The van der Waals surface area contributed by atoms with Crippen molar-refractivity contribution in [2.45, 2.75) is 0 Å². The van der Waals surface area contributed by atoms with E-state index < -0.39 is 0 Å². The van der Waals surface area contributed by atoms with Crippen LogP contribution >= 0.6 is 0 Å². The van der Waals surface area contributed by atoms with Crippen molar-refractivity contribution in [2.75, 3.05) is 0 Å². The van der Waals surface area contributed by atoms with E-state index in [4.69, 9.17) is 19.4 Å². The number of benzene rings is 7. The first kappa shape index (κ1) is 26.4. The van der Waals surface area contributed by atoms with Gasteiger partial charge in [-0.25, -0.2) is 4.98 Å². The van der Waals surface area contributed by atoms with Gasteiger partial charge >= 0.3 is 0 Å². The molecule has 11 rings (SSSR count). The molecule has 4 heterocycles. The fourth-order valence-corrected chi connectivity index (χ4v) is 7.97. The highest BCUT2D eigenvalue weighted by Crippen LogP contribution is 2.46. The first-order valence-corrected chi connectivity index (χ1v) is 16.5. The van der Waals surface area contributed by atoms with Crippen molar-refractivity contribution >= 4 is 87.0 Å². The highest BCUT2D eigenvalue weighted by atomic mass is 16.3. The Morgan fingerprint density at radius 3 is 1.90 bits per heavy atom. The summed E-state index contributed by atoms with van der Waals surface area (Å²) in [7, 11) is 0. The van der Waals surface area contributed by atoms with Gasteiger partial charge in [-0.3, -0.25) is 9.97 Å². The maximum Gasteiger partial charge on any atom is 0.143 e. The number of fused-ring (bicyclic) bond motifs is 15. The Morgan fingerprint density at radius 2 is 1.10 bits per heavy atom. The number of furan rings is 1. The van der Waals surface area contributed by atoms with Crippen molar-refractivity contribution in [3.63, 3.8) is 0 Å². The molecule has 0 saturated carbocycles. The third-order valence-corrected chi connectivity index (χ3v) is 10.1. The Labute approximate surface area is 279 Å². The number of aromatic nitrogens is 3. The minimum Gasteiger partial charge on any atom is -0.455 e. The lowest BCUT2D eigenvalue weighted by molar-refractivity contribution is 0.670. The van der Waals surface area contributed by atoms with E-state index in [0.29, 0.717) is 0 Å². The van der Waals surface area contributed by atoms with Crippen LogP contribution in [-0.4, -0.2) is 15.0 Å². The molecule has 0 radical (unpaired) electrons. The van der Waals surface area contributed by atoms with Crippen molar-refractivity contribution < 1.29 is 4.42 Å². The topological polar surface area (TPSA) is 51.8 Å². The number of nitrogens with zero attached hydrogens (tertiary/aromatic N) is 3. The summed E-state index contributed by atoms with van der Waals surface area (Å²) in [5, 5.41) is 12.5. The fraction of sp³-hybridized carbons (Fsp3) is 0. The number of hydrogen-bond donors (Lipinski definition) is 0. The monoisotopic (exact) mass is 623 g/mol. The third kappa shape index (κ3) is 3.71. The Morgan fingerprint density at radius 1 is 0.429 bits per heavy atom. The molecule has 4 aromatic heterocycles. The zero-order valence-electron chi connectivity index (χ0n) is 26.2. The summed E-state index contributed by atoms with van der Waals surface area (Å²) >= 11 is 0. The van der Waals surface area contributed by atoms with Gasteiger partial charge in [0.2, 0.25) is 0 Å². The Balaban J connectivity index is 1.29. The molecule has 0 unspecified atom stereocenters. The van der Waals surface area contributed by atoms with Crippen LogP contribution in [0.1, 0.15) is 0 Å². The van der Waals surface area contributed by atoms with Gasteiger partial charge in [0.1, 0.15) is 11.2 Å². The first-order valence-electron chi connectivity index (χ1n) is 16.5. The largest absolute Gasteiger partial charge is 0.455 e. The van der Waals surface area contributed by atoms with E-state index in [2.05, 4.69) is 121 Å². The molecule has 4 nitrogen and oxygen atoms in total. The fourth-order valence-electron chi connectivity index (χ4n) is 7.97. The molecule has 0 amide bonds. The van der Waals surface area contributed by atoms with Crippen LogP contribution in [0.5, 0.6) is 0 Å². The van der Waals surface area contributed by atoms with Gasteiger partial charge in [-0.1, -0.05) is 109 Å². The maximum atomic E-state index is 6.80. The van der Waals surface area contributed by atoms with Crippen LogP contribution in [0.4, 0.5) is 0 Å². The average molecular weight is 624 g/mol. The van der Waals surface area contributed by atoms with Gasteiger partial charge in [0, 0.05) is 61.2 Å². The predicted molar refractivity (Wildman–Crippen MR) is 203 cm³/mol. The van der Waals surface area contributed by atoms with Gasteiger partial charge < -0.3 is 4.42 Å². The van der Waals surface area contributed by atoms with Crippen LogP contribution in [0.3, 0.4) is 0 Å². The molecule has 0 saturated heterocycles. The van der Waals surface area contributed by atoms with Gasteiger partial charge in [-0.05, 0) is 57.4 Å². The second-order valence-electron chi connectivity index (χ2n) is 12.7. The molecular weight excluding hydrogens is 599 g/mol. The van der Waals surface area contributed by atoms with E-state index in [9.17, 15) is 0 Å². The summed E-state index contributed by atoms with van der Waals surface area (Å²) in [5.41, 5.74) is 8.58. The number of rotatable bonds is 2. The van der Waals surface area contributed by atoms with Crippen LogP contribution in [0, 0.1) is 0 Å². The first-order chi connectivity index (χ1) is 24.3. The lowest BCUT2D eigenvalue weighted by atomic mass is 9.91. The standard InChI is InChI=1S/C45H25N3O/c1-2-11-27(12-3-1)42-40-34-17-9-23-47-44(34)43-33(16-8-22-46-43)38(40)32-20-18-29(25-36(32)48-42)35-24-28-13-5-7-15-31(28)41-39-30-14-6-4-10-26(30)19-21-37(39)49-45(35)41/h1-25H. The van der Waals surface area contributed by atoms with Crippen LogP contribution < -0.4 is 0 Å². The Bertz CT molecular complexity index is 3160. The molecule has 0 fully saturated rings. The molecule has 226 valence electrons. The van der Waals surface area contributed by atoms with Gasteiger partial charge in [0.05, 0.1) is 22.2 Å². The molecule has 7 aromatic carbocycles. The quantitative estimate of drug-likeness (QED) is 0.180. The lowest BCUT2D eigenvalue weighted by Crippen LogP contribution is -1.95. The zero-order chi connectivity index (χ0) is 32.1. The molecule has 0 aliphatic rings. The zero-order valence-corrected chi connectivity index (χ0v) is 26.2. The summed E-state index contributed by atoms with van der Waals surface area (Å²) in [6.45, 7) is 0. The van der Waals surface area contributed by atoms with Gasteiger partial charge in [0.15, 0.2) is 0 Å². The third-order valence-electron chi connectivity index (χ3n) is 10.1. The lowest BCUT2D eigenvalue weighted by Gasteiger charge is -2.16. The summed E-state index contributed by atoms with van der Waals surface area (Å²) in [6.07, 6.45) is 3.69. The second kappa shape index (κ2) is 9.93. The molecule has 0 N–H and O–H groups in total.